The number of H-pyrrole nitrogens is 1. The molecule has 0 unspecified atom stereocenters. The van der Waals surface area contributed by atoms with Crippen molar-refractivity contribution in [3.8, 4) is 17.1 Å². The van der Waals surface area contributed by atoms with E-state index in [9.17, 15) is 4.79 Å². The van der Waals surface area contributed by atoms with E-state index in [2.05, 4.69) is 37.0 Å². The quantitative estimate of drug-likeness (QED) is 0.630. The zero-order valence-electron chi connectivity index (χ0n) is 16.7. The number of primary amides is 1. The van der Waals surface area contributed by atoms with Crippen LogP contribution in [0.5, 0.6) is 5.88 Å². The summed E-state index contributed by atoms with van der Waals surface area (Å²) in [5.41, 5.74) is 7.46. The molecular weight excluding hydrogens is 410 g/mol. The van der Waals surface area contributed by atoms with E-state index in [1.807, 2.05) is 0 Å². The summed E-state index contributed by atoms with van der Waals surface area (Å²) in [5.74, 6) is 1.08. The lowest BCUT2D eigenvalue weighted by atomic mass is 9.81. The van der Waals surface area contributed by atoms with E-state index in [0.717, 1.165) is 31.7 Å². The summed E-state index contributed by atoms with van der Waals surface area (Å²) in [6, 6.07) is 1.77. The van der Waals surface area contributed by atoms with Crippen LogP contribution in [-0.4, -0.2) is 58.0 Å². The van der Waals surface area contributed by atoms with Crippen LogP contribution in [0.15, 0.2) is 18.5 Å². The Bertz CT molecular complexity index is 1080. The van der Waals surface area contributed by atoms with Crippen molar-refractivity contribution < 1.29 is 14.3 Å². The number of aromatic nitrogens is 5. The van der Waals surface area contributed by atoms with Crippen LogP contribution >= 0.6 is 11.6 Å². The molecule has 3 aromatic heterocycles. The number of halogens is 1. The zero-order valence-corrected chi connectivity index (χ0v) is 17.4. The summed E-state index contributed by atoms with van der Waals surface area (Å²) >= 11 is 6.39. The number of methoxy groups -OCH3 is 1. The van der Waals surface area contributed by atoms with Gasteiger partial charge in [-0.2, -0.15) is 5.10 Å². The number of nitrogens with one attached hydrogen (secondary N) is 1. The molecule has 3 N–H and O–H groups in total. The molecule has 0 spiro atoms. The van der Waals surface area contributed by atoms with Gasteiger partial charge < -0.3 is 20.1 Å². The molecule has 10 nitrogen and oxygen atoms in total. The van der Waals surface area contributed by atoms with Crippen molar-refractivity contribution in [2.45, 2.75) is 19.8 Å². The van der Waals surface area contributed by atoms with E-state index >= 15 is 0 Å². The van der Waals surface area contributed by atoms with Crippen molar-refractivity contribution in [2.75, 3.05) is 31.7 Å². The number of anilines is 1. The number of rotatable bonds is 5. The topological polar surface area (TPSA) is 132 Å². The molecule has 158 valence electrons. The third-order valence-electron chi connectivity index (χ3n) is 5.43. The Morgan fingerprint density at radius 1 is 1.37 bits per heavy atom. The average Bonchev–Trinajstić information content (AvgIpc) is 3.16. The molecule has 1 amide bonds. The molecular formula is C19H22ClN7O3. The molecule has 0 aliphatic carbocycles. The van der Waals surface area contributed by atoms with Gasteiger partial charge in [0.05, 0.1) is 25.6 Å². The van der Waals surface area contributed by atoms with Crippen molar-refractivity contribution in [1.82, 2.24) is 25.1 Å². The fraction of sp³-hybridized carbons (Fsp3) is 0.421. The average molecular weight is 432 g/mol. The third-order valence-corrected chi connectivity index (χ3v) is 5.79. The molecule has 11 heteroatoms. The van der Waals surface area contributed by atoms with Crippen molar-refractivity contribution in [2.24, 2.45) is 11.1 Å². The summed E-state index contributed by atoms with van der Waals surface area (Å²) in [5, 5.41) is 7.66. The number of carbonyl (C=O) groups excluding carboxylic acids is 1. The number of nitrogens with two attached hydrogens (primary N) is 1. The standard InChI is InChI=1S/C19H22ClN7O3/c1-19(10-30-18(21)28)4-7-27(8-5-19)12-9-23-15-14(25-26-16(15)24-12)11-3-6-22-17(29-2)13(11)20/h3,6,9H,4-5,7-8,10H2,1-2H3,(H2,21,28)(H,24,25,26). The molecule has 3 aromatic rings. The van der Waals surface area contributed by atoms with Crippen LogP contribution < -0.4 is 15.4 Å². The van der Waals surface area contributed by atoms with Gasteiger partial charge in [0, 0.05) is 30.3 Å². The Morgan fingerprint density at radius 3 is 2.83 bits per heavy atom. The maximum atomic E-state index is 10.9. The number of fused-ring (bicyclic) bond motifs is 1. The van der Waals surface area contributed by atoms with Crippen LogP contribution in [0.2, 0.25) is 5.02 Å². The molecule has 1 saturated heterocycles. The van der Waals surface area contributed by atoms with Crippen LogP contribution in [0.3, 0.4) is 0 Å². The number of carbonyl (C=O) groups is 1. The summed E-state index contributed by atoms with van der Waals surface area (Å²) < 4.78 is 10.2. The van der Waals surface area contributed by atoms with Gasteiger partial charge in [-0.25, -0.2) is 19.7 Å². The lowest BCUT2D eigenvalue weighted by molar-refractivity contribution is 0.0818. The van der Waals surface area contributed by atoms with E-state index in [0.29, 0.717) is 39.9 Å². The number of piperidine rings is 1. The first-order chi connectivity index (χ1) is 14.4. The van der Waals surface area contributed by atoms with E-state index in [-0.39, 0.29) is 5.41 Å². The predicted octanol–water partition coefficient (Wildman–Crippen LogP) is 2.78. The Labute approximate surface area is 177 Å². The van der Waals surface area contributed by atoms with Crippen LogP contribution in [0.25, 0.3) is 22.4 Å². The second-order valence-corrected chi connectivity index (χ2v) is 7.96. The number of amides is 1. The Kier molecular flexibility index (Phi) is 5.33. The van der Waals surface area contributed by atoms with Gasteiger partial charge in [0.1, 0.15) is 16.4 Å². The Hall–Kier alpha value is -3.14. The highest BCUT2D eigenvalue weighted by atomic mass is 35.5. The summed E-state index contributed by atoms with van der Waals surface area (Å²) in [4.78, 5) is 26.4. The van der Waals surface area contributed by atoms with Crippen LogP contribution in [-0.2, 0) is 4.74 Å². The van der Waals surface area contributed by atoms with Crippen LogP contribution in [0, 0.1) is 5.41 Å². The van der Waals surface area contributed by atoms with E-state index in [4.69, 9.17) is 26.8 Å². The monoisotopic (exact) mass is 431 g/mol. The Balaban J connectivity index is 1.54. The minimum Gasteiger partial charge on any atom is -0.480 e. The number of pyridine rings is 1. The van der Waals surface area contributed by atoms with Gasteiger partial charge in [-0.15, -0.1) is 0 Å². The van der Waals surface area contributed by atoms with Crippen molar-refractivity contribution >= 4 is 34.7 Å². The SMILES string of the molecule is COc1nccc(-c2[nH]nc3nc(N4CCC(C)(COC(N)=O)CC4)cnc23)c1Cl. The summed E-state index contributed by atoms with van der Waals surface area (Å²) in [7, 11) is 1.51. The van der Waals surface area contributed by atoms with Crippen LogP contribution in [0.1, 0.15) is 19.8 Å². The van der Waals surface area contributed by atoms with Gasteiger partial charge in [0.2, 0.25) is 11.5 Å². The first kappa shape index (κ1) is 20.1. The Morgan fingerprint density at radius 2 is 2.13 bits per heavy atom. The maximum absolute atomic E-state index is 10.9. The smallest absolute Gasteiger partial charge is 0.404 e. The lowest BCUT2D eigenvalue weighted by Crippen LogP contribution is -2.42. The molecule has 4 heterocycles. The highest BCUT2D eigenvalue weighted by Crippen LogP contribution is 2.36. The third kappa shape index (κ3) is 3.82. The number of hydrogen-bond acceptors (Lipinski definition) is 8. The molecule has 4 rings (SSSR count). The van der Waals surface area contributed by atoms with Crippen molar-refractivity contribution in [1.29, 1.82) is 0 Å². The normalized spacial score (nSPS) is 15.9. The zero-order chi connectivity index (χ0) is 21.3. The summed E-state index contributed by atoms with van der Waals surface area (Å²) in [6.07, 6.45) is 4.30. The molecule has 0 atom stereocenters. The predicted molar refractivity (Wildman–Crippen MR) is 112 cm³/mol. The number of ether oxygens (including phenoxy) is 2. The summed E-state index contributed by atoms with van der Waals surface area (Å²) in [6.45, 7) is 3.95. The minimum absolute atomic E-state index is 0.0975. The fourth-order valence-corrected chi connectivity index (χ4v) is 3.84. The molecule has 0 radical (unpaired) electrons. The number of hydrogen-bond donors (Lipinski definition) is 2. The highest BCUT2D eigenvalue weighted by Gasteiger charge is 2.32. The maximum Gasteiger partial charge on any atom is 0.404 e. The van der Waals surface area contributed by atoms with E-state index < -0.39 is 6.09 Å². The van der Waals surface area contributed by atoms with Gasteiger partial charge in [-0.05, 0) is 18.9 Å². The fourth-order valence-electron chi connectivity index (χ4n) is 3.55. The number of aromatic amines is 1. The molecule has 1 fully saturated rings. The second-order valence-electron chi connectivity index (χ2n) is 7.59. The van der Waals surface area contributed by atoms with Gasteiger partial charge in [-0.1, -0.05) is 18.5 Å². The van der Waals surface area contributed by atoms with E-state index in [1.165, 1.54) is 7.11 Å². The van der Waals surface area contributed by atoms with E-state index in [1.54, 1.807) is 18.5 Å². The lowest BCUT2D eigenvalue weighted by Gasteiger charge is -2.39. The van der Waals surface area contributed by atoms with Crippen molar-refractivity contribution in [3.05, 3.63) is 23.5 Å². The van der Waals surface area contributed by atoms with Gasteiger partial charge in [0.15, 0.2) is 0 Å². The molecule has 0 bridgehead atoms. The molecule has 0 aromatic carbocycles. The van der Waals surface area contributed by atoms with Gasteiger partial charge >= 0.3 is 6.09 Å². The first-order valence-electron chi connectivity index (χ1n) is 9.47. The largest absolute Gasteiger partial charge is 0.480 e. The van der Waals surface area contributed by atoms with Crippen LogP contribution in [0.4, 0.5) is 10.6 Å². The molecule has 1 aliphatic heterocycles. The first-order valence-corrected chi connectivity index (χ1v) is 9.85. The van der Waals surface area contributed by atoms with Gasteiger partial charge in [-0.3, -0.25) is 5.10 Å². The number of nitrogens with zero attached hydrogens (tertiary/aromatic N) is 5. The second kappa shape index (κ2) is 7.94. The molecule has 30 heavy (non-hydrogen) atoms. The molecule has 1 aliphatic rings. The van der Waals surface area contributed by atoms with Crippen molar-refractivity contribution in [3.63, 3.8) is 0 Å². The molecule has 0 saturated carbocycles. The highest BCUT2D eigenvalue weighted by molar-refractivity contribution is 6.34. The van der Waals surface area contributed by atoms with Gasteiger partial charge in [0.25, 0.3) is 0 Å². The minimum atomic E-state index is -0.740.